The number of hydrogen-bond donors (Lipinski definition) is 1. The maximum absolute atomic E-state index is 10.6. The second kappa shape index (κ2) is 3.26. The Labute approximate surface area is 78.3 Å². The van der Waals surface area contributed by atoms with Crippen molar-refractivity contribution in [3.05, 3.63) is 15.9 Å². The predicted octanol–water partition coefficient (Wildman–Crippen LogP) is 1.67. The maximum atomic E-state index is 10.6. The van der Waals surface area contributed by atoms with Gasteiger partial charge in [-0.2, -0.15) is 5.10 Å². The topological polar surface area (TPSA) is 55.1 Å². The van der Waals surface area contributed by atoms with Crippen molar-refractivity contribution in [2.24, 2.45) is 0 Å². The summed E-state index contributed by atoms with van der Waals surface area (Å²) in [6.45, 7) is 4.30. The molecule has 0 aromatic carbocycles. The van der Waals surface area contributed by atoms with Crippen LogP contribution in [-0.4, -0.2) is 20.9 Å². The minimum absolute atomic E-state index is 0.115. The van der Waals surface area contributed by atoms with E-state index in [0.717, 1.165) is 4.60 Å². The molecule has 12 heavy (non-hydrogen) atoms. The van der Waals surface area contributed by atoms with Crippen LogP contribution in [0.4, 0.5) is 0 Å². The van der Waals surface area contributed by atoms with Gasteiger partial charge in [-0.1, -0.05) is 0 Å². The first kappa shape index (κ1) is 9.25. The molecule has 0 aliphatic heterocycles. The van der Waals surface area contributed by atoms with Gasteiger partial charge in [0.05, 0.1) is 0 Å². The van der Waals surface area contributed by atoms with Crippen LogP contribution in [-0.2, 0) is 6.54 Å². The molecule has 0 bridgehead atoms. The van der Waals surface area contributed by atoms with Crippen molar-refractivity contribution in [2.45, 2.75) is 20.4 Å². The van der Waals surface area contributed by atoms with Gasteiger partial charge in [-0.25, -0.2) is 4.79 Å². The van der Waals surface area contributed by atoms with E-state index in [4.69, 9.17) is 5.11 Å². The molecule has 1 aromatic heterocycles. The lowest BCUT2D eigenvalue weighted by Crippen LogP contribution is -2.01. The highest BCUT2D eigenvalue weighted by atomic mass is 79.9. The second-order valence-corrected chi connectivity index (χ2v) is 3.14. The summed E-state index contributed by atoms with van der Waals surface area (Å²) in [5, 5.41) is 12.6. The molecule has 0 unspecified atom stereocenters. The Kier molecular flexibility index (Phi) is 2.52. The molecule has 4 nitrogen and oxygen atoms in total. The summed E-state index contributed by atoms with van der Waals surface area (Å²) in [6, 6.07) is 0. The molecule has 0 amide bonds. The third kappa shape index (κ3) is 1.36. The summed E-state index contributed by atoms with van der Waals surface area (Å²) in [5.41, 5.74) is 0.785. The second-order valence-electron chi connectivity index (χ2n) is 2.39. The number of aromatic carboxylic acids is 1. The summed E-state index contributed by atoms with van der Waals surface area (Å²) in [6.07, 6.45) is 0. The van der Waals surface area contributed by atoms with Gasteiger partial charge in [0, 0.05) is 12.1 Å². The number of nitrogens with zero attached hydrogens (tertiary/aromatic N) is 2. The maximum Gasteiger partial charge on any atom is 0.356 e. The van der Waals surface area contributed by atoms with Crippen molar-refractivity contribution in [3.8, 4) is 0 Å². The molecule has 0 atom stereocenters. The van der Waals surface area contributed by atoms with Gasteiger partial charge >= 0.3 is 5.97 Å². The zero-order chi connectivity index (χ0) is 9.30. The van der Waals surface area contributed by atoms with E-state index in [9.17, 15) is 4.79 Å². The van der Waals surface area contributed by atoms with Gasteiger partial charge in [0.1, 0.15) is 4.60 Å². The van der Waals surface area contributed by atoms with Crippen LogP contribution in [0.1, 0.15) is 23.0 Å². The minimum Gasteiger partial charge on any atom is -0.476 e. The fourth-order valence-electron chi connectivity index (χ4n) is 0.944. The van der Waals surface area contributed by atoms with E-state index >= 15 is 0 Å². The Balaban J connectivity index is 3.25. The standard InChI is InChI=1S/C7H9BrN2O2/c1-3-10-6(8)4(2)5(9-10)7(11)12/h3H2,1-2H3,(H,11,12). The first-order valence-electron chi connectivity index (χ1n) is 3.54. The Morgan fingerprint density at radius 1 is 1.75 bits per heavy atom. The highest BCUT2D eigenvalue weighted by Gasteiger charge is 2.16. The number of halogens is 1. The summed E-state index contributed by atoms with van der Waals surface area (Å²) >= 11 is 3.27. The lowest BCUT2D eigenvalue weighted by molar-refractivity contribution is 0.0688. The van der Waals surface area contributed by atoms with E-state index in [1.807, 2.05) is 6.92 Å². The molecular formula is C7H9BrN2O2. The van der Waals surface area contributed by atoms with E-state index in [-0.39, 0.29) is 5.69 Å². The average molecular weight is 233 g/mol. The van der Waals surface area contributed by atoms with Gasteiger partial charge in [0.15, 0.2) is 5.69 Å². The predicted molar refractivity (Wildman–Crippen MR) is 47.3 cm³/mol. The fraction of sp³-hybridized carbons (Fsp3) is 0.429. The summed E-state index contributed by atoms with van der Waals surface area (Å²) < 4.78 is 2.35. The zero-order valence-corrected chi connectivity index (χ0v) is 8.42. The van der Waals surface area contributed by atoms with Crippen LogP contribution >= 0.6 is 15.9 Å². The molecule has 0 aliphatic carbocycles. The number of aromatic nitrogens is 2. The van der Waals surface area contributed by atoms with Crippen LogP contribution in [0.3, 0.4) is 0 Å². The van der Waals surface area contributed by atoms with Crippen molar-refractivity contribution >= 4 is 21.9 Å². The van der Waals surface area contributed by atoms with E-state index in [2.05, 4.69) is 21.0 Å². The molecule has 0 saturated heterocycles. The van der Waals surface area contributed by atoms with Crippen molar-refractivity contribution in [1.82, 2.24) is 9.78 Å². The molecule has 1 N–H and O–H groups in total. The summed E-state index contributed by atoms with van der Waals surface area (Å²) in [4.78, 5) is 10.6. The van der Waals surface area contributed by atoms with Crippen LogP contribution < -0.4 is 0 Å². The third-order valence-electron chi connectivity index (χ3n) is 1.61. The lowest BCUT2D eigenvalue weighted by atomic mass is 10.3. The fourth-order valence-corrected chi connectivity index (χ4v) is 1.46. The molecule has 1 heterocycles. The van der Waals surface area contributed by atoms with Crippen molar-refractivity contribution in [1.29, 1.82) is 0 Å². The van der Waals surface area contributed by atoms with Crippen molar-refractivity contribution < 1.29 is 9.90 Å². The number of carbonyl (C=O) groups is 1. The highest BCUT2D eigenvalue weighted by molar-refractivity contribution is 9.10. The van der Waals surface area contributed by atoms with Gasteiger partial charge < -0.3 is 5.11 Å². The lowest BCUT2D eigenvalue weighted by Gasteiger charge is -1.94. The Bertz CT molecular complexity index is 319. The van der Waals surface area contributed by atoms with Crippen molar-refractivity contribution in [2.75, 3.05) is 0 Å². The molecule has 0 radical (unpaired) electrons. The first-order chi connectivity index (χ1) is 5.57. The summed E-state index contributed by atoms with van der Waals surface area (Å²) in [7, 11) is 0. The monoisotopic (exact) mass is 232 g/mol. The van der Waals surface area contributed by atoms with Crippen LogP contribution in [0, 0.1) is 6.92 Å². The van der Waals surface area contributed by atoms with E-state index < -0.39 is 5.97 Å². The molecule has 0 fully saturated rings. The Morgan fingerprint density at radius 3 is 2.58 bits per heavy atom. The van der Waals surface area contributed by atoms with Gasteiger partial charge in [0.25, 0.3) is 0 Å². The average Bonchev–Trinajstić information content (AvgIpc) is 2.30. The number of rotatable bonds is 2. The zero-order valence-electron chi connectivity index (χ0n) is 6.83. The molecule has 1 aromatic rings. The number of carboxylic acids is 1. The van der Waals surface area contributed by atoms with Gasteiger partial charge in [0.2, 0.25) is 0 Å². The number of carboxylic acid groups (broad SMARTS) is 1. The quantitative estimate of drug-likeness (QED) is 0.845. The number of hydrogen-bond acceptors (Lipinski definition) is 2. The van der Waals surface area contributed by atoms with E-state index in [1.54, 1.807) is 11.6 Å². The normalized spacial score (nSPS) is 10.2. The van der Waals surface area contributed by atoms with E-state index in [0.29, 0.717) is 12.1 Å². The van der Waals surface area contributed by atoms with Crippen LogP contribution in [0.15, 0.2) is 4.60 Å². The van der Waals surface area contributed by atoms with E-state index in [1.165, 1.54) is 0 Å². The Morgan fingerprint density at radius 2 is 2.33 bits per heavy atom. The number of aryl methyl sites for hydroxylation is 1. The molecule has 66 valence electrons. The molecule has 0 aliphatic rings. The molecular weight excluding hydrogens is 224 g/mol. The summed E-state index contributed by atoms with van der Waals surface area (Å²) in [5.74, 6) is -0.986. The Hall–Kier alpha value is -0.840. The van der Waals surface area contributed by atoms with Crippen molar-refractivity contribution in [3.63, 3.8) is 0 Å². The first-order valence-corrected chi connectivity index (χ1v) is 4.33. The highest BCUT2D eigenvalue weighted by Crippen LogP contribution is 2.19. The largest absolute Gasteiger partial charge is 0.476 e. The van der Waals surface area contributed by atoms with Gasteiger partial charge in [-0.3, -0.25) is 4.68 Å². The SMILES string of the molecule is CCn1nc(C(=O)O)c(C)c1Br. The molecule has 1 rings (SSSR count). The smallest absolute Gasteiger partial charge is 0.356 e. The molecule has 0 spiro atoms. The molecule has 0 saturated carbocycles. The van der Waals surface area contributed by atoms with Crippen LogP contribution in [0.2, 0.25) is 0 Å². The molecule has 5 heteroatoms. The third-order valence-corrected chi connectivity index (χ3v) is 2.62. The van der Waals surface area contributed by atoms with Crippen LogP contribution in [0.25, 0.3) is 0 Å². The van der Waals surface area contributed by atoms with Gasteiger partial charge in [-0.15, -0.1) is 0 Å². The van der Waals surface area contributed by atoms with Crippen LogP contribution in [0.5, 0.6) is 0 Å². The minimum atomic E-state index is -0.986. The van der Waals surface area contributed by atoms with Gasteiger partial charge in [-0.05, 0) is 29.8 Å².